The van der Waals surface area contributed by atoms with Crippen LogP contribution in [0, 0.1) is 16.0 Å². The fraction of sp³-hybridized carbons (Fsp3) is 0.471. The van der Waals surface area contributed by atoms with Gasteiger partial charge >= 0.3 is 5.97 Å². The average Bonchev–Trinajstić information content (AvgIpc) is 2.68. The van der Waals surface area contributed by atoms with Gasteiger partial charge in [-0.3, -0.25) is 25.0 Å². The van der Waals surface area contributed by atoms with E-state index in [-0.39, 0.29) is 12.3 Å². The molecule has 0 bridgehead atoms. The molecule has 10 heteroatoms. The van der Waals surface area contributed by atoms with Gasteiger partial charge in [0.1, 0.15) is 6.04 Å². The zero-order valence-corrected chi connectivity index (χ0v) is 14.8. The number of nitro groups is 1. The monoisotopic (exact) mass is 376 g/mol. The number of amides is 1. The van der Waals surface area contributed by atoms with Crippen molar-refractivity contribution >= 4 is 23.5 Å². The number of benzene rings is 1. The van der Waals surface area contributed by atoms with Crippen molar-refractivity contribution < 1.29 is 24.0 Å². The number of carbonyl (C=O) groups is 2. The first-order valence-electron chi connectivity index (χ1n) is 8.63. The number of rotatable bonds is 4. The summed E-state index contributed by atoms with van der Waals surface area (Å²) in [4.78, 5) is 42.0. The highest BCUT2D eigenvalue weighted by molar-refractivity contribution is 6.08. The second-order valence-corrected chi connectivity index (χ2v) is 6.07. The molecule has 2 heterocycles. The SMILES string of the molecule is CCOC(=O)[C@@H]1C(=O)NC(N2CCOCC2)=N[C@@H]1c1cccc([N+](=O)[O-])c1. The number of ether oxygens (including phenoxy) is 2. The Morgan fingerprint density at radius 2 is 2.19 bits per heavy atom. The minimum atomic E-state index is -1.21. The number of esters is 1. The smallest absolute Gasteiger partial charge is 0.321 e. The second-order valence-electron chi connectivity index (χ2n) is 6.07. The Kier molecular flexibility index (Phi) is 5.65. The van der Waals surface area contributed by atoms with E-state index in [0.717, 1.165) is 0 Å². The van der Waals surface area contributed by atoms with Gasteiger partial charge in [0.2, 0.25) is 11.9 Å². The molecule has 0 saturated carbocycles. The zero-order chi connectivity index (χ0) is 19.4. The molecule has 1 aromatic rings. The van der Waals surface area contributed by atoms with Gasteiger partial charge in [-0.25, -0.2) is 4.99 Å². The molecule has 3 rings (SSSR count). The van der Waals surface area contributed by atoms with Gasteiger partial charge in [0.25, 0.3) is 5.69 Å². The van der Waals surface area contributed by atoms with E-state index in [1.165, 1.54) is 18.2 Å². The van der Waals surface area contributed by atoms with Crippen molar-refractivity contribution in [2.75, 3.05) is 32.9 Å². The molecular formula is C17H20N4O6. The molecule has 144 valence electrons. The molecule has 1 N–H and O–H groups in total. The van der Waals surface area contributed by atoms with Crippen LogP contribution in [-0.4, -0.2) is 60.6 Å². The topological polar surface area (TPSA) is 123 Å². The van der Waals surface area contributed by atoms with Crippen molar-refractivity contribution in [3.63, 3.8) is 0 Å². The number of aliphatic imine (C=N–C) groups is 1. The van der Waals surface area contributed by atoms with Crippen LogP contribution < -0.4 is 5.32 Å². The summed E-state index contributed by atoms with van der Waals surface area (Å²) in [6.07, 6.45) is 0. The van der Waals surface area contributed by atoms with E-state index in [4.69, 9.17) is 9.47 Å². The number of hydrogen-bond acceptors (Lipinski definition) is 8. The number of nitrogens with zero attached hydrogens (tertiary/aromatic N) is 3. The van der Waals surface area contributed by atoms with Crippen LogP contribution in [0.4, 0.5) is 5.69 Å². The maximum absolute atomic E-state index is 12.7. The lowest BCUT2D eigenvalue weighted by Gasteiger charge is -2.35. The summed E-state index contributed by atoms with van der Waals surface area (Å²) in [5.74, 6) is -2.13. The summed E-state index contributed by atoms with van der Waals surface area (Å²) in [6.45, 7) is 3.85. The van der Waals surface area contributed by atoms with Crippen LogP contribution in [0.1, 0.15) is 18.5 Å². The first kappa shape index (κ1) is 18.8. The van der Waals surface area contributed by atoms with E-state index in [9.17, 15) is 19.7 Å². The lowest BCUT2D eigenvalue weighted by atomic mass is 9.91. The lowest BCUT2D eigenvalue weighted by Crippen LogP contribution is -2.55. The van der Waals surface area contributed by atoms with E-state index >= 15 is 0 Å². The summed E-state index contributed by atoms with van der Waals surface area (Å²) in [7, 11) is 0. The van der Waals surface area contributed by atoms with Gasteiger partial charge in [-0.1, -0.05) is 12.1 Å². The first-order valence-corrected chi connectivity index (χ1v) is 8.63. The maximum atomic E-state index is 12.7. The van der Waals surface area contributed by atoms with E-state index in [0.29, 0.717) is 37.8 Å². The Bertz CT molecular complexity index is 774. The van der Waals surface area contributed by atoms with Crippen molar-refractivity contribution in [1.29, 1.82) is 0 Å². The van der Waals surface area contributed by atoms with Gasteiger partial charge in [-0.05, 0) is 12.5 Å². The lowest BCUT2D eigenvalue weighted by molar-refractivity contribution is -0.384. The van der Waals surface area contributed by atoms with Crippen LogP contribution in [0.5, 0.6) is 0 Å². The second kappa shape index (κ2) is 8.12. The standard InChI is InChI=1S/C17H20N4O6/c1-2-27-16(23)13-14(11-4-3-5-12(10-11)21(24)25)18-17(19-15(13)22)20-6-8-26-9-7-20/h3-5,10,13-14H,2,6-9H2,1H3,(H,18,19,22)/t13-,14+/m0/s1. The van der Waals surface area contributed by atoms with Gasteiger partial charge in [-0.15, -0.1) is 0 Å². The fourth-order valence-electron chi connectivity index (χ4n) is 3.06. The van der Waals surface area contributed by atoms with Crippen LogP contribution in [0.2, 0.25) is 0 Å². The third kappa shape index (κ3) is 4.05. The van der Waals surface area contributed by atoms with Crippen LogP contribution in [0.3, 0.4) is 0 Å². The summed E-state index contributed by atoms with van der Waals surface area (Å²) in [5, 5.41) is 13.8. The molecule has 1 fully saturated rings. The van der Waals surface area contributed by atoms with E-state index < -0.39 is 28.8 Å². The Hall–Kier alpha value is -3.01. The number of morpholine rings is 1. The molecule has 1 saturated heterocycles. The van der Waals surface area contributed by atoms with Gasteiger partial charge in [0.15, 0.2) is 5.92 Å². The van der Waals surface area contributed by atoms with E-state index in [1.807, 2.05) is 4.90 Å². The number of non-ortho nitro benzene ring substituents is 1. The third-order valence-electron chi connectivity index (χ3n) is 4.37. The third-order valence-corrected chi connectivity index (χ3v) is 4.37. The van der Waals surface area contributed by atoms with E-state index in [1.54, 1.807) is 13.0 Å². The Balaban J connectivity index is 2.01. The predicted molar refractivity (Wildman–Crippen MR) is 93.9 cm³/mol. The predicted octanol–water partition coefficient (Wildman–Crippen LogP) is 0.633. The molecule has 27 heavy (non-hydrogen) atoms. The molecule has 2 atom stereocenters. The van der Waals surface area contributed by atoms with Crippen LogP contribution in [0.15, 0.2) is 29.3 Å². The van der Waals surface area contributed by atoms with Crippen molar-refractivity contribution in [2.45, 2.75) is 13.0 Å². The molecule has 2 aliphatic rings. The normalized spacial score (nSPS) is 22.6. The number of carbonyl (C=O) groups excluding carboxylic acids is 2. The molecule has 1 amide bonds. The summed E-state index contributed by atoms with van der Waals surface area (Å²) < 4.78 is 10.3. The molecule has 1 aromatic carbocycles. The number of guanidine groups is 1. The minimum Gasteiger partial charge on any atom is -0.465 e. The van der Waals surface area contributed by atoms with Crippen molar-refractivity contribution in [3.8, 4) is 0 Å². The number of nitrogens with one attached hydrogen (secondary N) is 1. The molecule has 10 nitrogen and oxygen atoms in total. The van der Waals surface area contributed by atoms with Crippen molar-refractivity contribution in [2.24, 2.45) is 10.9 Å². The first-order chi connectivity index (χ1) is 13.0. The molecule has 0 unspecified atom stereocenters. The number of hydrogen-bond donors (Lipinski definition) is 1. The molecule has 0 aromatic heterocycles. The average molecular weight is 376 g/mol. The van der Waals surface area contributed by atoms with Gasteiger partial charge in [0.05, 0.1) is 24.7 Å². The highest BCUT2D eigenvalue weighted by atomic mass is 16.6. The molecule has 0 aliphatic carbocycles. The molecular weight excluding hydrogens is 356 g/mol. The molecule has 0 radical (unpaired) electrons. The largest absolute Gasteiger partial charge is 0.465 e. The summed E-state index contributed by atoms with van der Waals surface area (Å²) in [5.41, 5.74) is 0.270. The van der Waals surface area contributed by atoms with E-state index in [2.05, 4.69) is 10.3 Å². The molecule has 2 aliphatic heterocycles. The van der Waals surface area contributed by atoms with Gasteiger partial charge in [-0.2, -0.15) is 0 Å². The Labute approximate surface area is 155 Å². The summed E-state index contributed by atoms with van der Waals surface area (Å²) in [6, 6.07) is 4.89. The van der Waals surface area contributed by atoms with Crippen LogP contribution in [0.25, 0.3) is 0 Å². The zero-order valence-electron chi connectivity index (χ0n) is 14.8. The highest BCUT2D eigenvalue weighted by Crippen LogP contribution is 2.32. The van der Waals surface area contributed by atoms with Crippen molar-refractivity contribution in [3.05, 3.63) is 39.9 Å². The van der Waals surface area contributed by atoms with Gasteiger partial charge < -0.3 is 14.4 Å². The minimum absolute atomic E-state index is 0.115. The maximum Gasteiger partial charge on any atom is 0.321 e. The number of nitro benzene ring substituents is 1. The van der Waals surface area contributed by atoms with Crippen molar-refractivity contribution in [1.82, 2.24) is 10.2 Å². The fourth-order valence-corrected chi connectivity index (χ4v) is 3.06. The van der Waals surface area contributed by atoms with Crippen LogP contribution >= 0.6 is 0 Å². The quantitative estimate of drug-likeness (QED) is 0.354. The Morgan fingerprint density at radius 1 is 1.44 bits per heavy atom. The Morgan fingerprint density at radius 3 is 2.85 bits per heavy atom. The molecule has 0 spiro atoms. The highest BCUT2D eigenvalue weighted by Gasteiger charge is 2.42. The van der Waals surface area contributed by atoms with Gasteiger partial charge in [0, 0.05) is 25.2 Å². The summed E-state index contributed by atoms with van der Waals surface area (Å²) >= 11 is 0. The van der Waals surface area contributed by atoms with Crippen LogP contribution in [-0.2, 0) is 19.1 Å².